The van der Waals surface area contributed by atoms with Gasteiger partial charge in [0.05, 0.1) is 36.4 Å². The van der Waals surface area contributed by atoms with Crippen LogP contribution in [0.1, 0.15) is 47.0 Å². The molecule has 1 saturated heterocycles. The Morgan fingerprint density at radius 2 is 1.64 bits per heavy atom. The standard InChI is InChI=1S/C23H22F6N4O2.ClH/c24-22(25,26)16-9-14(10-17(11-16)23(27,28)29)13-35-18-7-4-8-33(12-19-30-21(34)32-31-19)20(18)15-5-2-1-3-6-15;/h1-3,5-6,9-11,18,20H,4,7-8,12-13H2,(H2,30,31,32,34);1H/t18-,20-;/m1./s1. The van der Waals surface area contributed by atoms with E-state index in [4.69, 9.17) is 4.74 Å². The van der Waals surface area contributed by atoms with Crippen LogP contribution in [-0.4, -0.2) is 32.7 Å². The molecule has 0 bridgehead atoms. The summed E-state index contributed by atoms with van der Waals surface area (Å²) in [5.41, 5.74) is -2.55. The Morgan fingerprint density at radius 3 is 2.19 bits per heavy atom. The molecule has 6 nitrogen and oxygen atoms in total. The zero-order chi connectivity index (χ0) is 25.2. The van der Waals surface area contributed by atoms with Crippen LogP contribution >= 0.6 is 12.4 Å². The molecular formula is C23H23ClF6N4O2. The average Bonchev–Trinajstić information content (AvgIpc) is 3.21. The molecule has 0 aliphatic carbocycles. The summed E-state index contributed by atoms with van der Waals surface area (Å²) in [6.45, 7) is 0.490. The highest BCUT2D eigenvalue weighted by Crippen LogP contribution is 2.38. The molecule has 3 aromatic rings. The van der Waals surface area contributed by atoms with Gasteiger partial charge in [-0.15, -0.1) is 12.4 Å². The van der Waals surface area contributed by atoms with Gasteiger partial charge < -0.3 is 4.74 Å². The van der Waals surface area contributed by atoms with E-state index < -0.39 is 41.9 Å². The van der Waals surface area contributed by atoms with E-state index in [-0.39, 0.29) is 36.6 Å². The summed E-state index contributed by atoms with van der Waals surface area (Å²) in [5.74, 6) is 0.407. The maximum Gasteiger partial charge on any atom is 0.416 e. The summed E-state index contributed by atoms with van der Waals surface area (Å²) in [6.07, 6.45) is -9.13. The normalized spacial score (nSPS) is 19.2. The molecule has 2 atom stereocenters. The summed E-state index contributed by atoms with van der Waals surface area (Å²) >= 11 is 0. The minimum atomic E-state index is -4.93. The number of H-pyrrole nitrogens is 2. The topological polar surface area (TPSA) is 74.0 Å². The van der Waals surface area contributed by atoms with Crippen LogP contribution in [-0.2, 0) is 30.2 Å². The molecule has 1 aromatic heterocycles. The molecule has 0 saturated carbocycles. The minimum absolute atomic E-state index is 0. The van der Waals surface area contributed by atoms with E-state index in [9.17, 15) is 31.1 Å². The lowest BCUT2D eigenvalue weighted by molar-refractivity contribution is -0.143. The summed E-state index contributed by atoms with van der Waals surface area (Å²) in [4.78, 5) is 16.0. The Bertz CT molecular complexity index is 1160. The number of ether oxygens (including phenoxy) is 1. The van der Waals surface area contributed by atoms with Crippen molar-refractivity contribution in [2.24, 2.45) is 0 Å². The fourth-order valence-corrected chi connectivity index (χ4v) is 4.33. The molecule has 4 rings (SSSR count). The van der Waals surface area contributed by atoms with E-state index in [1.54, 1.807) is 0 Å². The first-order valence-corrected chi connectivity index (χ1v) is 10.8. The smallest absolute Gasteiger partial charge is 0.372 e. The molecule has 36 heavy (non-hydrogen) atoms. The molecule has 1 fully saturated rings. The molecule has 0 spiro atoms. The number of nitrogens with zero attached hydrogens (tertiary/aromatic N) is 2. The number of aromatic nitrogens is 3. The third-order valence-corrected chi connectivity index (χ3v) is 5.84. The summed E-state index contributed by atoms with van der Waals surface area (Å²) < 4.78 is 85.3. The van der Waals surface area contributed by atoms with Gasteiger partial charge in [0.25, 0.3) is 0 Å². The molecule has 2 N–H and O–H groups in total. The number of benzene rings is 2. The number of piperidine rings is 1. The van der Waals surface area contributed by atoms with Gasteiger partial charge in [0.1, 0.15) is 5.82 Å². The second-order valence-corrected chi connectivity index (χ2v) is 8.36. The van der Waals surface area contributed by atoms with Gasteiger partial charge in [-0.1, -0.05) is 30.3 Å². The van der Waals surface area contributed by atoms with Crippen LogP contribution in [0.15, 0.2) is 53.3 Å². The van der Waals surface area contributed by atoms with E-state index >= 15 is 0 Å². The number of aromatic amines is 2. The maximum atomic E-state index is 13.2. The van der Waals surface area contributed by atoms with Gasteiger partial charge in [-0.3, -0.25) is 9.88 Å². The van der Waals surface area contributed by atoms with E-state index in [1.165, 1.54) is 0 Å². The van der Waals surface area contributed by atoms with Gasteiger partial charge in [0.2, 0.25) is 0 Å². The number of rotatable bonds is 6. The van der Waals surface area contributed by atoms with E-state index in [0.717, 1.165) is 5.56 Å². The highest BCUT2D eigenvalue weighted by Gasteiger charge is 2.38. The van der Waals surface area contributed by atoms with Crippen molar-refractivity contribution in [3.8, 4) is 0 Å². The van der Waals surface area contributed by atoms with Gasteiger partial charge in [-0.05, 0) is 48.7 Å². The van der Waals surface area contributed by atoms with Crippen molar-refractivity contribution in [1.82, 2.24) is 20.1 Å². The van der Waals surface area contributed by atoms with Crippen molar-refractivity contribution in [2.45, 2.75) is 50.5 Å². The quantitative estimate of drug-likeness (QED) is 0.409. The highest BCUT2D eigenvalue weighted by atomic mass is 35.5. The van der Waals surface area contributed by atoms with Crippen LogP contribution in [0.5, 0.6) is 0 Å². The fourth-order valence-electron chi connectivity index (χ4n) is 4.33. The molecule has 1 aliphatic rings. The van der Waals surface area contributed by atoms with E-state index in [0.29, 0.717) is 37.3 Å². The van der Waals surface area contributed by atoms with Crippen molar-refractivity contribution in [3.05, 3.63) is 87.1 Å². The number of nitrogens with one attached hydrogen (secondary N) is 2. The molecule has 0 radical (unpaired) electrons. The first kappa shape index (κ1) is 27.8. The number of hydrogen-bond acceptors (Lipinski definition) is 4. The summed E-state index contributed by atoms with van der Waals surface area (Å²) in [7, 11) is 0. The Morgan fingerprint density at radius 1 is 1.00 bits per heavy atom. The van der Waals surface area contributed by atoms with Crippen LogP contribution in [0, 0.1) is 0 Å². The SMILES string of the molecule is Cl.O=c1[nH]nc(CN2CCC[C@@H](OCc3cc(C(F)(F)F)cc(C(F)(F)F)c3)[C@H]2c2ccccc2)[nH]1. The lowest BCUT2D eigenvalue weighted by atomic mass is 9.92. The highest BCUT2D eigenvalue weighted by molar-refractivity contribution is 5.85. The number of halogens is 7. The Labute approximate surface area is 208 Å². The summed E-state index contributed by atoms with van der Waals surface area (Å²) in [6, 6.07) is 10.4. The van der Waals surface area contributed by atoms with Gasteiger partial charge in [-0.25, -0.2) is 9.89 Å². The van der Waals surface area contributed by atoms with Crippen molar-refractivity contribution >= 4 is 12.4 Å². The zero-order valence-electron chi connectivity index (χ0n) is 18.7. The molecule has 13 heteroatoms. The Kier molecular flexibility index (Phi) is 8.52. The second kappa shape index (κ2) is 11.1. The fraction of sp³-hybridized carbons (Fsp3) is 0.391. The van der Waals surface area contributed by atoms with Crippen LogP contribution in [0.4, 0.5) is 26.3 Å². The van der Waals surface area contributed by atoms with Crippen molar-refractivity contribution < 1.29 is 31.1 Å². The molecule has 2 heterocycles. The average molecular weight is 537 g/mol. The second-order valence-electron chi connectivity index (χ2n) is 8.36. The molecule has 1 aliphatic heterocycles. The van der Waals surface area contributed by atoms with Crippen LogP contribution in [0.25, 0.3) is 0 Å². The van der Waals surface area contributed by atoms with Crippen molar-refractivity contribution in [1.29, 1.82) is 0 Å². The first-order valence-electron chi connectivity index (χ1n) is 10.8. The lowest BCUT2D eigenvalue weighted by Gasteiger charge is -2.41. The van der Waals surface area contributed by atoms with Gasteiger partial charge in [0, 0.05) is 0 Å². The number of hydrogen-bond donors (Lipinski definition) is 2. The largest absolute Gasteiger partial charge is 0.416 e. The number of likely N-dealkylation sites (tertiary alicyclic amines) is 1. The van der Waals surface area contributed by atoms with Crippen LogP contribution in [0.3, 0.4) is 0 Å². The third-order valence-electron chi connectivity index (χ3n) is 5.84. The Balaban J connectivity index is 0.00000361. The van der Waals surface area contributed by atoms with E-state index in [1.807, 2.05) is 35.2 Å². The monoisotopic (exact) mass is 536 g/mol. The predicted octanol–water partition coefficient (Wildman–Crippen LogP) is 5.48. The van der Waals surface area contributed by atoms with Crippen molar-refractivity contribution in [3.63, 3.8) is 0 Å². The van der Waals surface area contributed by atoms with E-state index in [2.05, 4.69) is 15.2 Å². The maximum absolute atomic E-state index is 13.2. The number of alkyl halides is 6. The van der Waals surface area contributed by atoms with Crippen molar-refractivity contribution in [2.75, 3.05) is 6.54 Å². The molecule has 196 valence electrons. The van der Waals surface area contributed by atoms with Gasteiger partial charge in [0.15, 0.2) is 0 Å². The first-order chi connectivity index (χ1) is 16.5. The summed E-state index contributed by atoms with van der Waals surface area (Å²) in [5, 5.41) is 6.24. The minimum Gasteiger partial charge on any atom is -0.372 e. The zero-order valence-corrected chi connectivity index (χ0v) is 19.5. The van der Waals surface area contributed by atoms with Crippen LogP contribution in [0.2, 0.25) is 0 Å². The van der Waals surface area contributed by atoms with Gasteiger partial charge >= 0.3 is 18.0 Å². The third kappa shape index (κ3) is 6.68. The van der Waals surface area contributed by atoms with Gasteiger partial charge in [-0.2, -0.15) is 31.4 Å². The van der Waals surface area contributed by atoms with Crippen LogP contribution < -0.4 is 5.69 Å². The Hall–Kier alpha value is -2.83. The molecule has 2 aromatic carbocycles. The predicted molar refractivity (Wildman–Crippen MR) is 120 cm³/mol. The molecule has 0 amide bonds. The molecular weight excluding hydrogens is 514 g/mol. The lowest BCUT2D eigenvalue weighted by Crippen LogP contribution is -2.42. The molecule has 0 unspecified atom stereocenters.